The third-order valence-electron chi connectivity index (χ3n) is 4.39. The molecule has 4 rings (SSSR count). The summed E-state index contributed by atoms with van der Waals surface area (Å²) in [6.07, 6.45) is 0.889. The lowest BCUT2D eigenvalue weighted by Gasteiger charge is -2.34. The van der Waals surface area contributed by atoms with Gasteiger partial charge in [-0.05, 0) is 43.3 Å². The van der Waals surface area contributed by atoms with Crippen LogP contribution in [0.15, 0.2) is 69.0 Å². The number of anilines is 2. The van der Waals surface area contributed by atoms with Crippen molar-refractivity contribution in [1.82, 2.24) is 0 Å². The number of fused-ring (bicyclic) bond motifs is 2. The molecule has 0 saturated heterocycles. The minimum absolute atomic E-state index is 0.357. The van der Waals surface area contributed by atoms with Crippen LogP contribution in [0.1, 0.15) is 26.5 Å². The topological polar surface area (TPSA) is 16.4 Å². The van der Waals surface area contributed by atoms with Crippen molar-refractivity contribution in [3.8, 4) is 11.1 Å². The molecule has 122 valence electrons. The molecule has 1 aliphatic heterocycles. The fraction of sp³-hybridized carbons (Fsp3) is 0.238. The van der Waals surface area contributed by atoms with Gasteiger partial charge < -0.3 is 9.32 Å². The van der Waals surface area contributed by atoms with Gasteiger partial charge in [-0.15, -0.1) is 0 Å². The first-order chi connectivity index (χ1) is 11.7. The second kappa shape index (κ2) is 6.06. The van der Waals surface area contributed by atoms with Crippen molar-refractivity contribution < 1.29 is 4.42 Å². The van der Waals surface area contributed by atoms with E-state index in [9.17, 15) is 0 Å². The number of nitrogens with zero attached hydrogens (tertiary/aromatic N) is 1. The molecule has 2 aromatic carbocycles. The molecule has 0 saturated carbocycles. The molecule has 1 aromatic heterocycles. The molecule has 0 unspecified atom stereocenters. The summed E-state index contributed by atoms with van der Waals surface area (Å²) in [5.74, 6) is 1.07. The molecule has 0 bridgehead atoms. The van der Waals surface area contributed by atoms with Crippen LogP contribution in [0, 0.1) is 0 Å². The van der Waals surface area contributed by atoms with Crippen LogP contribution < -0.4 is 4.90 Å². The van der Waals surface area contributed by atoms with Gasteiger partial charge in [0.15, 0.2) is 5.09 Å². The van der Waals surface area contributed by atoms with Gasteiger partial charge in [-0.25, -0.2) is 0 Å². The Bertz CT molecular complexity index is 867. The molecular formula is C21H21NOS. The van der Waals surface area contributed by atoms with E-state index >= 15 is 0 Å². The Morgan fingerprint density at radius 3 is 2.42 bits per heavy atom. The van der Waals surface area contributed by atoms with E-state index in [1.165, 1.54) is 27.4 Å². The first kappa shape index (κ1) is 15.4. The third kappa shape index (κ3) is 2.35. The standard InChI is InChI=1S/C21H21NOS/c1-4-17-19(15-10-6-5-7-11-15)20-21(23-17)24-18-13-9-8-12-16(18)22(20)14(2)3/h5-14H,4H2,1-3H3. The SMILES string of the molecule is CCc1oc2c(c1-c1ccccc1)N(C(C)C)c1ccccc1S2. The van der Waals surface area contributed by atoms with Gasteiger partial charge in [0.05, 0.1) is 5.69 Å². The maximum atomic E-state index is 6.30. The summed E-state index contributed by atoms with van der Waals surface area (Å²) in [7, 11) is 0. The number of hydrogen-bond donors (Lipinski definition) is 0. The highest BCUT2D eigenvalue weighted by molar-refractivity contribution is 7.99. The van der Waals surface area contributed by atoms with E-state index in [0.29, 0.717) is 6.04 Å². The lowest BCUT2D eigenvalue weighted by molar-refractivity contribution is 0.435. The molecular weight excluding hydrogens is 314 g/mol. The largest absolute Gasteiger partial charge is 0.452 e. The monoisotopic (exact) mass is 335 g/mol. The summed E-state index contributed by atoms with van der Waals surface area (Å²) < 4.78 is 6.30. The summed E-state index contributed by atoms with van der Waals surface area (Å²) >= 11 is 1.74. The number of para-hydroxylation sites is 1. The van der Waals surface area contributed by atoms with Crippen LogP contribution in [-0.4, -0.2) is 6.04 Å². The molecule has 0 spiro atoms. The third-order valence-corrected chi connectivity index (χ3v) is 5.42. The summed E-state index contributed by atoms with van der Waals surface area (Å²) in [5, 5.41) is 1.01. The Balaban J connectivity index is 1.99. The van der Waals surface area contributed by atoms with Crippen LogP contribution in [0.3, 0.4) is 0 Å². The van der Waals surface area contributed by atoms with Gasteiger partial charge in [-0.1, -0.05) is 49.4 Å². The minimum atomic E-state index is 0.357. The van der Waals surface area contributed by atoms with Gasteiger partial charge in [-0.2, -0.15) is 0 Å². The predicted molar refractivity (Wildman–Crippen MR) is 101 cm³/mol. The zero-order valence-electron chi connectivity index (χ0n) is 14.2. The van der Waals surface area contributed by atoms with Crippen LogP contribution in [-0.2, 0) is 6.42 Å². The quantitative estimate of drug-likeness (QED) is 0.542. The highest BCUT2D eigenvalue weighted by Crippen LogP contribution is 2.55. The molecule has 2 heterocycles. The molecule has 0 fully saturated rings. The Morgan fingerprint density at radius 2 is 1.71 bits per heavy atom. The van der Waals surface area contributed by atoms with Gasteiger partial charge in [0.25, 0.3) is 0 Å². The summed E-state index contributed by atoms with van der Waals surface area (Å²) in [6.45, 7) is 6.64. The van der Waals surface area contributed by atoms with E-state index in [0.717, 1.165) is 17.3 Å². The van der Waals surface area contributed by atoms with Crippen molar-refractivity contribution in [3.05, 3.63) is 60.4 Å². The van der Waals surface area contributed by atoms with Crippen LogP contribution in [0.5, 0.6) is 0 Å². The average Bonchev–Trinajstić information content (AvgIpc) is 2.97. The lowest BCUT2D eigenvalue weighted by Crippen LogP contribution is -2.28. The number of benzene rings is 2. The van der Waals surface area contributed by atoms with E-state index in [1.54, 1.807) is 11.8 Å². The highest BCUT2D eigenvalue weighted by atomic mass is 32.2. The fourth-order valence-electron chi connectivity index (χ4n) is 3.38. The Morgan fingerprint density at radius 1 is 1.00 bits per heavy atom. The Kier molecular flexibility index (Phi) is 3.89. The second-order valence-corrected chi connectivity index (χ2v) is 7.30. The average molecular weight is 335 g/mol. The molecule has 0 radical (unpaired) electrons. The molecule has 1 aliphatic rings. The molecule has 0 N–H and O–H groups in total. The maximum absolute atomic E-state index is 6.30. The maximum Gasteiger partial charge on any atom is 0.189 e. The molecule has 3 aromatic rings. The van der Waals surface area contributed by atoms with Crippen molar-refractivity contribution in [2.45, 2.75) is 43.2 Å². The first-order valence-corrected chi connectivity index (χ1v) is 9.29. The van der Waals surface area contributed by atoms with Crippen molar-refractivity contribution in [1.29, 1.82) is 0 Å². The van der Waals surface area contributed by atoms with Gasteiger partial charge in [0.2, 0.25) is 0 Å². The molecule has 0 aliphatic carbocycles. The van der Waals surface area contributed by atoms with E-state index in [4.69, 9.17) is 4.42 Å². The number of rotatable bonds is 3. The van der Waals surface area contributed by atoms with E-state index < -0.39 is 0 Å². The zero-order chi connectivity index (χ0) is 16.7. The fourth-order valence-corrected chi connectivity index (χ4v) is 4.44. The van der Waals surface area contributed by atoms with Crippen molar-refractivity contribution in [2.75, 3.05) is 4.90 Å². The Hall–Kier alpha value is -2.13. The lowest BCUT2D eigenvalue weighted by atomic mass is 10.0. The number of hydrogen-bond acceptors (Lipinski definition) is 3. The summed E-state index contributed by atoms with van der Waals surface area (Å²) in [5.41, 5.74) is 4.95. The molecule has 0 atom stereocenters. The van der Waals surface area contributed by atoms with Crippen molar-refractivity contribution in [3.63, 3.8) is 0 Å². The predicted octanol–water partition coefficient (Wildman–Crippen LogP) is 6.52. The molecule has 0 amide bonds. The smallest absolute Gasteiger partial charge is 0.189 e. The van der Waals surface area contributed by atoms with Crippen molar-refractivity contribution in [2.24, 2.45) is 0 Å². The van der Waals surface area contributed by atoms with Gasteiger partial charge in [-0.3, -0.25) is 0 Å². The van der Waals surface area contributed by atoms with Crippen molar-refractivity contribution >= 4 is 23.1 Å². The number of aryl methyl sites for hydroxylation is 1. The minimum Gasteiger partial charge on any atom is -0.452 e. The normalized spacial score (nSPS) is 13.1. The number of furan rings is 1. The van der Waals surface area contributed by atoms with E-state index in [2.05, 4.69) is 80.3 Å². The van der Waals surface area contributed by atoms with Gasteiger partial charge in [0.1, 0.15) is 11.4 Å². The Labute approximate surface area is 147 Å². The van der Waals surface area contributed by atoms with Gasteiger partial charge >= 0.3 is 0 Å². The van der Waals surface area contributed by atoms with Crippen LogP contribution in [0.2, 0.25) is 0 Å². The summed E-state index contributed by atoms with van der Waals surface area (Å²) in [6, 6.07) is 19.5. The van der Waals surface area contributed by atoms with Crippen LogP contribution in [0.25, 0.3) is 11.1 Å². The molecule has 24 heavy (non-hydrogen) atoms. The van der Waals surface area contributed by atoms with Gasteiger partial charge in [0, 0.05) is 22.9 Å². The van der Waals surface area contributed by atoms with E-state index in [-0.39, 0.29) is 0 Å². The van der Waals surface area contributed by atoms with E-state index in [1.807, 2.05) is 0 Å². The van der Waals surface area contributed by atoms with Crippen LogP contribution in [0.4, 0.5) is 11.4 Å². The first-order valence-electron chi connectivity index (χ1n) is 8.48. The zero-order valence-corrected chi connectivity index (χ0v) is 15.1. The summed E-state index contributed by atoms with van der Waals surface area (Å²) in [4.78, 5) is 3.68. The second-order valence-electron chi connectivity index (χ2n) is 6.29. The molecule has 2 nitrogen and oxygen atoms in total. The molecule has 3 heteroatoms. The highest BCUT2D eigenvalue weighted by Gasteiger charge is 2.33. The van der Waals surface area contributed by atoms with Crippen LogP contribution >= 0.6 is 11.8 Å².